The average molecular weight is 1140 g/mol. The molecule has 13 aromatic carbocycles. The molecule has 0 heterocycles. The minimum absolute atomic E-state index is 0.199. The number of anilines is 6. The highest BCUT2D eigenvalue weighted by Gasteiger charge is 2.38. The molecule has 2 heteroatoms. The number of allylic oxidation sites excluding steroid dienone is 1. The Hall–Kier alpha value is -10.5. The molecule has 0 spiro atoms. The number of benzene rings is 13. The summed E-state index contributed by atoms with van der Waals surface area (Å²) in [4.78, 5) is 4.95. The summed E-state index contributed by atoms with van der Waals surface area (Å²) in [6.07, 6.45) is 14.8. The van der Waals surface area contributed by atoms with Gasteiger partial charge < -0.3 is 9.80 Å². The van der Waals surface area contributed by atoms with E-state index in [1.165, 1.54) is 144 Å². The van der Waals surface area contributed by atoms with Crippen LogP contribution in [-0.4, -0.2) is 0 Å². The van der Waals surface area contributed by atoms with Gasteiger partial charge in [0.25, 0.3) is 0 Å². The topological polar surface area (TPSA) is 6.48 Å². The number of hydrogen-bond donors (Lipinski definition) is 0. The third kappa shape index (κ3) is 9.41. The van der Waals surface area contributed by atoms with Crippen LogP contribution in [0.15, 0.2) is 273 Å². The molecule has 1 unspecified atom stereocenters. The first kappa shape index (κ1) is 53.9. The maximum atomic E-state index is 2.51. The highest BCUT2D eigenvalue weighted by Crippen LogP contribution is 2.54. The summed E-state index contributed by atoms with van der Waals surface area (Å²) in [5.41, 5.74) is 27.2. The SMILES string of the molecule is CC1C=Cc2c(cccc2N(c2ccc3c(c2)C(C)(C)c2cc(/C=C/c4ccc(-c5ccc(/C=C/c6ccc7c(c6)C(C)(C)c6cc(N(c8ccc9ccccc9c8)c8cccc9ccccc89)ccc6-7)cc5)cc4)ccc2-3)c2cccc3ccccc23)C1. The van der Waals surface area contributed by atoms with Crippen molar-refractivity contribution < 1.29 is 0 Å². The van der Waals surface area contributed by atoms with Crippen molar-refractivity contribution in [3.05, 3.63) is 329 Å². The minimum Gasteiger partial charge on any atom is -0.310 e. The molecule has 0 N–H and O–H groups in total. The molecule has 0 amide bonds. The lowest BCUT2D eigenvalue weighted by molar-refractivity contribution is 0.660. The van der Waals surface area contributed by atoms with E-state index in [1.807, 2.05) is 0 Å². The van der Waals surface area contributed by atoms with Crippen LogP contribution in [0.5, 0.6) is 0 Å². The second-order valence-corrected chi connectivity index (χ2v) is 25.8. The molecule has 0 saturated heterocycles. The molecule has 426 valence electrons. The fourth-order valence-corrected chi connectivity index (χ4v) is 14.7. The molecule has 0 aromatic heterocycles. The van der Waals surface area contributed by atoms with Crippen LogP contribution in [0, 0.1) is 5.92 Å². The molecule has 16 rings (SSSR count). The standard InChI is InChI=1S/C87H68N2/c1-57-27-46-74-68(51-57)21-14-26-85(74)89(84-25-13-20-66-17-9-11-23-73(66)84)71-45-50-78-76-48-37-61(53-80(76)87(4,5)82(78)56-71)31-29-59-34-40-64(41-35-59)63-38-32-58(33-39-63)28-30-60-36-47-75-77-49-44-70(55-81(77)86(2,3)79(75)52-60)88(69-43-42-62-15-6-7-18-67(62)54-69)83-24-12-19-65-16-8-10-22-72(65)83/h6-50,52-57H,51H2,1-5H3/b30-28+,31-29+. The molecule has 3 aliphatic rings. The summed E-state index contributed by atoms with van der Waals surface area (Å²) in [6.45, 7) is 11.9. The lowest BCUT2D eigenvalue weighted by Gasteiger charge is -2.31. The predicted octanol–water partition coefficient (Wildman–Crippen LogP) is 23.9. The van der Waals surface area contributed by atoms with Crippen molar-refractivity contribution in [3.8, 4) is 33.4 Å². The van der Waals surface area contributed by atoms with Crippen molar-refractivity contribution in [2.75, 3.05) is 9.80 Å². The molecule has 0 radical (unpaired) electrons. The molecular formula is C87H68N2. The fourth-order valence-electron chi connectivity index (χ4n) is 14.7. The summed E-state index contributed by atoms with van der Waals surface area (Å²) in [5.74, 6) is 0.521. The van der Waals surface area contributed by atoms with E-state index in [0.29, 0.717) is 5.92 Å². The Labute approximate surface area is 523 Å². The van der Waals surface area contributed by atoms with Gasteiger partial charge in [0.2, 0.25) is 0 Å². The Morgan fingerprint density at radius 1 is 0.337 bits per heavy atom. The number of rotatable bonds is 11. The van der Waals surface area contributed by atoms with E-state index in [0.717, 1.165) is 17.8 Å². The van der Waals surface area contributed by atoms with E-state index < -0.39 is 0 Å². The maximum Gasteiger partial charge on any atom is 0.0540 e. The highest BCUT2D eigenvalue weighted by atomic mass is 15.2. The van der Waals surface area contributed by atoms with Crippen LogP contribution in [0.1, 0.15) is 90.3 Å². The third-order valence-electron chi connectivity index (χ3n) is 19.5. The van der Waals surface area contributed by atoms with Crippen LogP contribution in [0.3, 0.4) is 0 Å². The third-order valence-corrected chi connectivity index (χ3v) is 19.5. The van der Waals surface area contributed by atoms with Gasteiger partial charge in [-0.1, -0.05) is 283 Å². The number of nitrogens with zero attached hydrogens (tertiary/aromatic N) is 2. The van der Waals surface area contributed by atoms with Gasteiger partial charge in [-0.15, -0.1) is 0 Å². The molecule has 1 atom stereocenters. The van der Waals surface area contributed by atoms with Crippen LogP contribution >= 0.6 is 0 Å². The van der Waals surface area contributed by atoms with Gasteiger partial charge in [-0.3, -0.25) is 0 Å². The van der Waals surface area contributed by atoms with Crippen molar-refractivity contribution in [1.82, 2.24) is 0 Å². The second kappa shape index (κ2) is 21.4. The Morgan fingerprint density at radius 2 is 0.742 bits per heavy atom. The predicted molar refractivity (Wildman–Crippen MR) is 382 cm³/mol. The van der Waals surface area contributed by atoms with E-state index in [9.17, 15) is 0 Å². The Balaban J connectivity index is 0.615. The van der Waals surface area contributed by atoms with Crippen LogP contribution in [0.4, 0.5) is 34.1 Å². The summed E-state index contributed by atoms with van der Waals surface area (Å²) in [6, 6.07) is 99.3. The van der Waals surface area contributed by atoms with Crippen molar-refractivity contribution in [1.29, 1.82) is 0 Å². The van der Waals surface area contributed by atoms with Crippen LogP contribution < -0.4 is 9.80 Å². The van der Waals surface area contributed by atoms with Gasteiger partial charge in [-0.2, -0.15) is 0 Å². The van der Waals surface area contributed by atoms with Gasteiger partial charge in [-0.25, -0.2) is 0 Å². The molecule has 13 aromatic rings. The van der Waals surface area contributed by atoms with Gasteiger partial charge in [0.1, 0.15) is 0 Å². The Bertz CT molecular complexity index is 5060. The summed E-state index contributed by atoms with van der Waals surface area (Å²) < 4.78 is 0. The smallest absolute Gasteiger partial charge is 0.0540 e. The molecule has 2 nitrogen and oxygen atoms in total. The van der Waals surface area contributed by atoms with Crippen LogP contribution in [0.2, 0.25) is 0 Å². The van der Waals surface area contributed by atoms with E-state index in [-0.39, 0.29) is 10.8 Å². The van der Waals surface area contributed by atoms with Crippen LogP contribution in [-0.2, 0) is 17.3 Å². The fraction of sp³-hybridized carbons (Fsp3) is 0.103. The van der Waals surface area contributed by atoms with Crippen molar-refractivity contribution in [2.24, 2.45) is 5.92 Å². The van der Waals surface area contributed by atoms with Crippen molar-refractivity contribution in [2.45, 2.75) is 51.9 Å². The summed E-state index contributed by atoms with van der Waals surface area (Å²) in [5, 5.41) is 7.40. The monoisotopic (exact) mass is 1140 g/mol. The molecule has 0 aliphatic heterocycles. The molecular weight excluding hydrogens is 1070 g/mol. The van der Waals surface area contributed by atoms with Gasteiger partial charge in [0.05, 0.1) is 17.1 Å². The van der Waals surface area contributed by atoms with E-state index in [4.69, 9.17) is 0 Å². The van der Waals surface area contributed by atoms with Crippen molar-refractivity contribution in [3.63, 3.8) is 0 Å². The molecule has 0 fully saturated rings. The quantitative estimate of drug-likeness (QED) is 0.119. The lowest BCUT2D eigenvalue weighted by atomic mass is 9.81. The summed E-state index contributed by atoms with van der Waals surface area (Å²) in [7, 11) is 0. The highest BCUT2D eigenvalue weighted by molar-refractivity contribution is 6.03. The number of hydrogen-bond acceptors (Lipinski definition) is 2. The van der Waals surface area contributed by atoms with Gasteiger partial charge in [0, 0.05) is 44.2 Å². The molecule has 89 heavy (non-hydrogen) atoms. The summed E-state index contributed by atoms with van der Waals surface area (Å²) >= 11 is 0. The molecule has 0 saturated carbocycles. The Kier molecular flexibility index (Phi) is 13.0. The van der Waals surface area contributed by atoms with Crippen molar-refractivity contribution >= 4 is 96.8 Å². The first-order chi connectivity index (χ1) is 43.5. The zero-order valence-electron chi connectivity index (χ0n) is 51.0. The lowest BCUT2D eigenvalue weighted by Crippen LogP contribution is -2.18. The zero-order valence-corrected chi connectivity index (χ0v) is 51.0. The maximum absolute atomic E-state index is 2.51. The van der Waals surface area contributed by atoms with E-state index in [1.54, 1.807) is 0 Å². The largest absolute Gasteiger partial charge is 0.310 e. The van der Waals surface area contributed by atoms with Gasteiger partial charge >= 0.3 is 0 Å². The normalized spacial score (nSPS) is 14.9. The number of fused-ring (bicyclic) bond motifs is 10. The second-order valence-electron chi connectivity index (χ2n) is 25.8. The Morgan fingerprint density at radius 3 is 1.30 bits per heavy atom. The average Bonchev–Trinajstić information content (AvgIpc) is 1.65. The minimum atomic E-state index is -0.201. The van der Waals surface area contributed by atoms with E-state index in [2.05, 4.69) is 348 Å². The first-order valence-electron chi connectivity index (χ1n) is 31.5. The zero-order chi connectivity index (χ0) is 60.0. The molecule has 0 bridgehead atoms. The van der Waals surface area contributed by atoms with Gasteiger partial charge in [0.15, 0.2) is 0 Å². The molecule has 3 aliphatic carbocycles. The first-order valence-corrected chi connectivity index (χ1v) is 31.5. The van der Waals surface area contributed by atoms with E-state index >= 15 is 0 Å². The van der Waals surface area contributed by atoms with Gasteiger partial charge in [-0.05, 0) is 172 Å². The van der Waals surface area contributed by atoms with Crippen LogP contribution in [0.25, 0.3) is 96.1 Å².